The summed E-state index contributed by atoms with van der Waals surface area (Å²) in [5, 5.41) is 67.5. The zero-order chi connectivity index (χ0) is 27.7. The van der Waals surface area contributed by atoms with Gasteiger partial charge in [0.2, 0.25) is 11.5 Å². The number of hydrogen-bond donors (Lipinski definition) is 6. The second kappa shape index (κ2) is 9.10. The summed E-state index contributed by atoms with van der Waals surface area (Å²) in [7, 11) is 0. The molecule has 4 aliphatic carbocycles. The third kappa shape index (κ3) is 3.56. The monoisotopic (exact) mass is 546 g/mol. The van der Waals surface area contributed by atoms with Crippen molar-refractivity contribution in [3.63, 3.8) is 0 Å². The van der Waals surface area contributed by atoms with Gasteiger partial charge in [0.25, 0.3) is 5.91 Å². The van der Waals surface area contributed by atoms with E-state index in [1.807, 2.05) is 0 Å². The largest absolute Gasteiger partial charge is 0.508 e. The number of amides is 1. The van der Waals surface area contributed by atoms with Crippen LogP contribution in [0, 0.1) is 22.0 Å². The Morgan fingerprint density at radius 3 is 2.45 bits per heavy atom. The highest BCUT2D eigenvalue weighted by atomic mass is 32.2. The minimum Gasteiger partial charge on any atom is -0.508 e. The fourth-order valence-corrected chi connectivity index (χ4v) is 7.98. The predicted molar refractivity (Wildman–Crippen MR) is 133 cm³/mol. The smallest absolute Gasteiger partial charge is 0.311 e. The number of phenols is 1. The number of nitrogens with two attached hydrogens (primary N) is 1. The Morgan fingerprint density at radius 2 is 1.84 bits per heavy atom. The SMILES string of the molecule is NC(=O)C1=C(O)[C@@]2(O)C(=O)C3=C(O)c4c(ccc([N+](=O)[O-])c4O)[C@H](CSC4CCCC4)[C@H]3[C@H](O)[C@H]2CC1=O. The lowest BCUT2D eigenvalue weighted by atomic mass is 9.55. The summed E-state index contributed by atoms with van der Waals surface area (Å²) in [5.74, 6) is -9.90. The number of thioether (sulfide) groups is 1. The lowest BCUT2D eigenvalue weighted by molar-refractivity contribution is -0.385. The van der Waals surface area contributed by atoms with Crippen molar-refractivity contribution in [1.29, 1.82) is 0 Å². The first-order chi connectivity index (χ1) is 17.9. The molecule has 0 radical (unpaired) electrons. The lowest BCUT2D eigenvalue weighted by Gasteiger charge is -2.51. The van der Waals surface area contributed by atoms with Crippen LogP contribution in [-0.4, -0.2) is 70.6 Å². The third-order valence-corrected chi connectivity index (χ3v) is 9.79. The summed E-state index contributed by atoms with van der Waals surface area (Å²) in [5.41, 5.74) is -0.142. The van der Waals surface area contributed by atoms with Crippen molar-refractivity contribution in [2.75, 3.05) is 5.75 Å². The first kappa shape index (κ1) is 26.2. The van der Waals surface area contributed by atoms with E-state index in [-0.39, 0.29) is 11.1 Å². The molecule has 1 amide bonds. The van der Waals surface area contributed by atoms with Crippen LogP contribution >= 0.6 is 11.8 Å². The number of carbonyl (C=O) groups excluding carboxylic acids is 3. The highest BCUT2D eigenvalue weighted by Gasteiger charge is 2.65. The Balaban J connectivity index is 1.72. The number of nitrogens with zero attached hydrogens (tertiary/aromatic N) is 1. The molecule has 0 unspecified atom stereocenters. The van der Waals surface area contributed by atoms with Crippen LogP contribution in [0.4, 0.5) is 5.69 Å². The Hall–Kier alpha value is -3.42. The van der Waals surface area contributed by atoms with E-state index in [1.165, 1.54) is 6.07 Å². The Kier molecular flexibility index (Phi) is 6.27. The summed E-state index contributed by atoms with van der Waals surface area (Å²) in [6, 6.07) is 2.43. The number of aliphatic hydroxyl groups excluding tert-OH is 3. The molecule has 1 aromatic carbocycles. The van der Waals surface area contributed by atoms with Gasteiger partial charge in [0.1, 0.15) is 17.1 Å². The van der Waals surface area contributed by atoms with Crippen LogP contribution in [0.1, 0.15) is 49.1 Å². The maximum atomic E-state index is 13.8. The molecule has 0 aliphatic heterocycles. The molecule has 0 heterocycles. The standard InChI is InChI=1S/C25H26N2O10S/c26-24(34)17-14(28)7-12-19(29)15-11(8-38-9-3-1-2-4-9)10-5-6-13(27(36)37)20(30)16(10)21(31)18(15)23(33)25(12,35)22(17)32/h5-6,9,11-12,15,19,29-32,35H,1-4,7-8H2,(H2,26,34)/t11-,12+,15+,19+,25+/m0/s1. The fourth-order valence-electron chi connectivity index (χ4n) is 6.45. The van der Waals surface area contributed by atoms with Crippen LogP contribution in [0.5, 0.6) is 5.75 Å². The number of ketones is 2. The van der Waals surface area contributed by atoms with E-state index in [9.17, 15) is 50.0 Å². The zero-order valence-electron chi connectivity index (χ0n) is 20.0. The van der Waals surface area contributed by atoms with E-state index in [0.717, 1.165) is 31.7 Å². The maximum Gasteiger partial charge on any atom is 0.311 e. The third-order valence-electron chi connectivity index (χ3n) is 8.29. The van der Waals surface area contributed by atoms with Crippen molar-refractivity contribution in [3.8, 4) is 5.75 Å². The van der Waals surface area contributed by atoms with Crippen LogP contribution in [0.3, 0.4) is 0 Å². The number of carbonyl (C=O) groups is 3. The number of primary amides is 1. The van der Waals surface area contributed by atoms with Crippen molar-refractivity contribution in [2.45, 2.75) is 55.0 Å². The molecule has 0 spiro atoms. The second-order valence-corrected chi connectivity index (χ2v) is 11.5. The molecule has 2 fully saturated rings. The van der Waals surface area contributed by atoms with Crippen molar-refractivity contribution in [2.24, 2.45) is 17.6 Å². The van der Waals surface area contributed by atoms with Gasteiger partial charge in [-0.15, -0.1) is 0 Å². The van der Waals surface area contributed by atoms with E-state index in [0.29, 0.717) is 11.0 Å². The molecule has 202 valence electrons. The van der Waals surface area contributed by atoms with Crippen molar-refractivity contribution >= 4 is 40.7 Å². The van der Waals surface area contributed by atoms with Crippen LogP contribution in [0.15, 0.2) is 29.0 Å². The number of nitro groups is 1. The molecular weight excluding hydrogens is 520 g/mol. The molecule has 5 rings (SSSR count). The molecule has 7 N–H and O–H groups in total. The molecule has 5 atom stereocenters. The van der Waals surface area contributed by atoms with E-state index in [2.05, 4.69) is 0 Å². The number of hydrogen-bond acceptors (Lipinski definition) is 11. The van der Waals surface area contributed by atoms with Crippen LogP contribution in [-0.2, 0) is 14.4 Å². The first-order valence-electron chi connectivity index (χ1n) is 12.2. The van der Waals surface area contributed by atoms with Gasteiger partial charge in [0, 0.05) is 46.8 Å². The molecule has 2 saturated carbocycles. The van der Waals surface area contributed by atoms with Gasteiger partial charge < -0.3 is 31.3 Å². The lowest BCUT2D eigenvalue weighted by Crippen LogP contribution is -2.64. The highest BCUT2D eigenvalue weighted by molar-refractivity contribution is 7.99. The molecule has 0 saturated heterocycles. The van der Waals surface area contributed by atoms with Gasteiger partial charge in [-0.25, -0.2) is 0 Å². The molecule has 0 bridgehead atoms. The zero-order valence-corrected chi connectivity index (χ0v) is 20.8. The predicted octanol–water partition coefficient (Wildman–Crippen LogP) is 1.52. The molecule has 4 aliphatic rings. The Labute approximate surface area is 220 Å². The number of Topliss-reactive ketones (excluding diaryl/α,β-unsaturated/α-hetero) is 2. The highest BCUT2D eigenvalue weighted by Crippen LogP contribution is 2.57. The van der Waals surface area contributed by atoms with Gasteiger partial charge in [-0.3, -0.25) is 24.5 Å². The summed E-state index contributed by atoms with van der Waals surface area (Å²) in [4.78, 5) is 48.9. The molecule has 38 heavy (non-hydrogen) atoms. The second-order valence-electron chi connectivity index (χ2n) is 10.2. The van der Waals surface area contributed by atoms with Gasteiger partial charge in [0.05, 0.1) is 16.6 Å². The summed E-state index contributed by atoms with van der Waals surface area (Å²) >= 11 is 1.57. The molecule has 1 aromatic rings. The van der Waals surface area contributed by atoms with Gasteiger partial charge in [-0.2, -0.15) is 11.8 Å². The quantitative estimate of drug-likeness (QED) is 0.176. The number of rotatable bonds is 5. The van der Waals surface area contributed by atoms with Crippen LogP contribution < -0.4 is 5.73 Å². The number of phenolic OH excluding ortho intramolecular Hbond substituents is 1. The average Bonchev–Trinajstić information content (AvgIpc) is 3.37. The number of fused-ring (bicyclic) bond motifs is 3. The average molecular weight is 547 g/mol. The summed E-state index contributed by atoms with van der Waals surface area (Å²) < 4.78 is 0. The molecular formula is C25H26N2O10S. The molecule has 0 aromatic heterocycles. The normalized spacial score (nSPS) is 31.2. The number of benzene rings is 1. The van der Waals surface area contributed by atoms with Crippen LogP contribution in [0.25, 0.3) is 5.76 Å². The van der Waals surface area contributed by atoms with E-state index < -0.39 is 92.4 Å². The number of aliphatic hydroxyl groups is 4. The first-order valence-corrected chi connectivity index (χ1v) is 13.2. The fraction of sp³-hybridized carbons (Fsp3) is 0.480. The number of aromatic hydroxyl groups is 1. The van der Waals surface area contributed by atoms with Crippen molar-refractivity contribution < 1.29 is 44.8 Å². The van der Waals surface area contributed by atoms with Gasteiger partial charge in [-0.05, 0) is 18.4 Å². The van der Waals surface area contributed by atoms with Crippen LogP contribution in [0.2, 0.25) is 0 Å². The van der Waals surface area contributed by atoms with E-state index in [1.54, 1.807) is 11.8 Å². The summed E-state index contributed by atoms with van der Waals surface area (Å²) in [6.07, 6.45) is 1.69. The minimum absolute atomic E-state index is 0.266. The van der Waals surface area contributed by atoms with Gasteiger partial charge in [-0.1, -0.05) is 18.9 Å². The number of nitro benzene ring substituents is 1. The topological polar surface area (TPSA) is 222 Å². The van der Waals surface area contributed by atoms with E-state index >= 15 is 0 Å². The van der Waals surface area contributed by atoms with Gasteiger partial charge in [0.15, 0.2) is 11.4 Å². The van der Waals surface area contributed by atoms with E-state index in [4.69, 9.17) is 5.73 Å². The minimum atomic E-state index is -2.96. The Bertz CT molecular complexity index is 1350. The maximum absolute atomic E-state index is 13.8. The van der Waals surface area contributed by atoms with Gasteiger partial charge >= 0.3 is 5.69 Å². The summed E-state index contributed by atoms with van der Waals surface area (Å²) in [6.45, 7) is 0. The Morgan fingerprint density at radius 1 is 1.18 bits per heavy atom. The van der Waals surface area contributed by atoms with Crippen molar-refractivity contribution in [1.82, 2.24) is 0 Å². The molecule has 12 nitrogen and oxygen atoms in total. The van der Waals surface area contributed by atoms with Crippen molar-refractivity contribution in [3.05, 3.63) is 50.3 Å². The molecule has 13 heteroatoms.